The molecule has 0 saturated carbocycles. The topological polar surface area (TPSA) is 52.3 Å². The second kappa shape index (κ2) is 12.2. The number of carbonyl (C=O) groups is 1. The monoisotopic (exact) mass is 345 g/mol. The molecule has 0 aliphatic rings. The van der Waals surface area contributed by atoms with E-state index in [0.717, 1.165) is 18.3 Å². The quantitative estimate of drug-likeness (QED) is 0.371. The lowest BCUT2D eigenvalue weighted by atomic mass is 9.86. The van der Waals surface area contributed by atoms with Crippen molar-refractivity contribution < 1.29 is 9.53 Å². The highest BCUT2D eigenvalue weighted by molar-refractivity contribution is 7.80. The Bertz CT molecular complexity index is 324. The number of methoxy groups -OCH3 is 1. The van der Waals surface area contributed by atoms with E-state index in [-0.39, 0.29) is 5.97 Å². The van der Waals surface area contributed by atoms with Gasteiger partial charge in [0.15, 0.2) is 0 Å². The normalized spacial score (nSPS) is 18.0. The first-order valence-corrected chi connectivity index (χ1v) is 9.90. The highest BCUT2D eigenvalue weighted by Gasteiger charge is 2.35. The molecule has 0 radical (unpaired) electrons. The largest absolute Gasteiger partial charge is 0.468 e. The number of esters is 1. The molecule has 0 aromatic rings. The van der Waals surface area contributed by atoms with E-state index < -0.39 is 5.54 Å². The fraction of sp³-hybridized carbons (Fsp3) is 0.947. The Hall–Kier alpha value is -0.220. The van der Waals surface area contributed by atoms with Gasteiger partial charge in [0.05, 0.1) is 7.11 Å². The molecule has 0 aromatic carbocycles. The summed E-state index contributed by atoms with van der Waals surface area (Å²) in [5.74, 6) is 2.05. The zero-order valence-electron chi connectivity index (χ0n) is 15.9. The van der Waals surface area contributed by atoms with Gasteiger partial charge in [0.1, 0.15) is 5.54 Å². The van der Waals surface area contributed by atoms with E-state index in [1.165, 1.54) is 45.6 Å². The number of hydrogen-bond donors (Lipinski definition) is 2. The Labute approximate surface area is 149 Å². The van der Waals surface area contributed by atoms with Gasteiger partial charge in [-0.05, 0) is 24.2 Å². The smallest absolute Gasteiger partial charge is 0.326 e. The van der Waals surface area contributed by atoms with E-state index in [4.69, 9.17) is 10.5 Å². The highest BCUT2D eigenvalue weighted by Crippen LogP contribution is 2.24. The van der Waals surface area contributed by atoms with Crippen LogP contribution in [0.2, 0.25) is 0 Å². The van der Waals surface area contributed by atoms with Crippen molar-refractivity contribution in [2.45, 2.75) is 84.6 Å². The van der Waals surface area contributed by atoms with E-state index in [9.17, 15) is 4.79 Å². The summed E-state index contributed by atoms with van der Waals surface area (Å²) < 4.78 is 4.81. The minimum absolute atomic E-state index is 0.329. The van der Waals surface area contributed by atoms with E-state index in [0.29, 0.717) is 18.1 Å². The lowest BCUT2D eigenvalue weighted by Crippen LogP contribution is -2.51. The Balaban J connectivity index is 3.96. The number of rotatable bonds is 13. The summed E-state index contributed by atoms with van der Waals surface area (Å²) in [6, 6.07) is 0. The van der Waals surface area contributed by atoms with Gasteiger partial charge in [-0.3, -0.25) is 4.79 Å². The predicted molar refractivity (Wildman–Crippen MR) is 103 cm³/mol. The fourth-order valence-corrected chi connectivity index (χ4v) is 3.38. The first-order valence-electron chi connectivity index (χ1n) is 9.27. The summed E-state index contributed by atoms with van der Waals surface area (Å²) in [6.45, 7) is 9.14. The Morgan fingerprint density at radius 2 is 1.52 bits per heavy atom. The van der Waals surface area contributed by atoms with Gasteiger partial charge in [0, 0.05) is 5.75 Å². The van der Waals surface area contributed by atoms with Crippen LogP contribution in [0.1, 0.15) is 79.1 Å². The molecule has 2 N–H and O–H groups in total. The van der Waals surface area contributed by atoms with Crippen molar-refractivity contribution in [1.82, 2.24) is 0 Å². The molecule has 0 aromatic heterocycles. The summed E-state index contributed by atoms with van der Waals surface area (Å²) in [5, 5.41) is 0. The molecule has 0 spiro atoms. The van der Waals surface area contributed by atoms with Crippen LogP contribution in [-0.4, -0.2) is 24.4 Å². The zero-order valence-corrected chi connectivity index (χ0v) is 16.8. The van der Waals surface area contributed by atoms with Gasteiger partial charge in [-0.25, -0.2) is 0 Å². The molecule has 0 bridgehead atoms. The van der Waals surface area contributed by atoms with Crippen molar-refractivity contribution >= 4 is 18.6 Å². The second-order valence-corrected chi connectivity index (χ2v) is 7.91. The third kappa shape index (κ3) is 9.61. The molecule has 138 valence electrons. The summed E-state index contributed by atoms with van der Waals surface area (Å²) in [5.41, 5.74) is 5.19. The number of ether oxygens (including phenoxy) is 1. The van der Waals surface area contributed by atoms with E-state index in [1.807, 2.05) is 0 Å². The van der Waals surface area contributed by atoms with E-state index in [1.54, 1.807) is 0 Å². The maximum absolute atomic E-state index is 11.8. The van der Waals surface area contributed by atoms with Crippen molar-refractivity contribution in [3.05, 3.63) is 0 Å². The molecule has 23 heavy (non-hydrogen) atoms. The van der Waals surface area contributed by atoms with Gasteiger partial charge in [0.2, 0.25) is 0 Å². The standard InChI is InChI=1S/C19H39NO2S/c1-6-15(2)9-7-10-16(3)11-8-12-17(4)13-19(20,14-23)18(21)22-5/h15-17,23H,6-14,20H2,1-5H3/t15?,16?,17?,19-/m0/s1. The van der Waals surface area contributed by atoms with Crippen LogP contribution < -0.4 is 5.73 Å². The van der Waals surface area contributed by atoms with Gasteiger partial charge in [0.25, 0.3) is 0 Å². The van der Waals surface area contributed by atoms with Crippen LogP contribution >= 0.6 is 12.6 Å². The molecule has 3 nitrogen and oxygen atoms in total. The molecule has 0 heterocycles. The minimum atomic E-state index is -0.945. The summed E-state index contributed by atoms with van der Waals surface area (Å²) in [6.07, 6.45) is 9.55. The Kier molecular flexibility index (Phi) is 12.1. The summed E-state index contributed by atoms with van der Waals surface area (Å²) >= 11 is 4.23. The molecule has 4 heteroatoms. The van der Waals surface area contributed by atoms with Gasteiger partial charge >= 0.3 is 5.97 Å². The van der Waals surface area contributed by atoms with Crippen LogP contribution in [0.5, 0.6) is 0 Å². The van der Waals surface area contributed by atoms with Crippen molar-refractivity contribution in [1.29, 1.82) is 0 Å². The van der Waals surface area contributed by atoms with Crippen LogP contribution in [0.4, 0.5) is 0 Å². The van der Waals surface area contributed by atoms with Crippen LogP contribution in [0.25, 0.3) is 0 Å². The van der Waals surface area contributed by atoms with Crippen molar-refractivity contribution in [3.63, 3.8) is 0 Å². The number of hydrogen-bond acceptors (Lipinski definition) is 4. The molecule has 3 unspecified atom stereocenters. The molecule has 4 atom stereocenters. The predicted octanol–water partition coefficient (Wildman–Crippen LogP) is 4.84. The van der Waals surface area contributed by atoms with E-state index >= 15 is 0 Å². The molecule has 0 aliphatic heterocycles. The maximum Gasteiger partial charge on any atom is 0.326 e. The van der Waals surface area contributed by atoms with Gasteiger partial charge in [-0.15, -0.1) is 0 Å². The zero-order chi connectivity index (χ0) is 17.9. The van der Waals surface area contributed by atoms with Crippen LogP contribution in [-0.2, 0) is 9.53 Å². The molecule has 0 saturated heterocycles. The van der Waals surface area contributed by atoms with Gasteiger partial charge in [-0.1, -0.05) is 72.6 Å². The molecular weight excluding hydrogens is 306 g/mol. The Morgan fingerprint density at radius 3 is 1.96 bits per heavy atom. The molecule has 0 amide bonds. The van der Waals surface area contributed by atoms with Gasteiger partial charge in [-0.2, -0.15) is 12.6 Å². The highest BCUT2D eigenvalue weighted by atomic mass is 32.1. The third-order valence-corrected chi connectivity index (χ3v) is 5.64. The number of nitrogens with two attached hydrogens (primary N) is 1. The summed E-state index contributed by atoms with van der Waals surface area (Å²) in [4.78, 5) is 11.8. The van der Waals surface area contributed by atoms with Crippen LogP contribution in [0, 0.1) is 17.8 Å². The average molecular weight is 346 g/mol. The van der Waals surface area contributed by atoms with Crippen molar-refractivity contribution in [2.24, 2.45) is 23.5 Å². The molecule has 0 fully saturated rings. The lowest BCUT2D eigenvalue weighted by molar-refractivity contribution is -0.146. The van der Waals surface area contributed by atoms with Crippen LogP contribution in [0.15, 0.2) is 0 Å². The second-order valence-electron chi connectivity index (χ2n) is 7.60. The molecular formula is C19H39NO2S. The fourth-order valence-electron chi connectivity index (χ4n) is 3.12. The Morgan fingerprint density at radius 1 is 1.04 bits per heavy atom. The maximum atomic E-state index is 11.8. The van der Waals surface area contributed by atoms with Crippen molar-refractivity contribution in [2.75, 3.05) is 12.9 Å². The number of carbonyl (C=O) groups excluding carboxylic acids is 1. The summed E-state index contributed by atoms with van der Waals surface area (Å²) in [7, 11) is 1.39. The first kappa shape index (κ1) is 22.8. The van der Waals surface area contributed by atoms with E-state index in [2.05, 4.69) is 40.3 Å². The van der Waals surface area contributed by atoms with Gasteiger partial charge < -0.3 is 10.5 Å². The first-order chi connectivity index (χ1) is 10.8. The molecule has 0 aliphatic carbocycles. The van der Waals surface area contributed by atoms with Crippen LogP contribution in [0.3, 0.4) is 0 Å². The lowest BCUT2D eigenvalue weighted by Gasteiger charge is -2.27. The third-order valence-electron chi connectivity index (χ3n) is 5.07. The minimum Gasteiger partial charge on any atom is -0.468 e. The SMILES string of the molecule is CCC(C)CCCC(C)CCCC(C)C[C@](N)(CS)C(=O)OC. The average Bonchev–Trinajstić information content (AvgIpc) is 2.53. The van der Waals surface area contributed by atoms with Crippen molar-refractivity contribution in [3.8, 4) is 0 Å². The molecule has 0 rings (SSSR count). The number of thiol groups is 1.